The van der Waals surface area contributed by atoms with E-state index in [0.717, 1.165) is 5.75 Å². The van der Waals surface area contributed by atoms with E-state index in [9.17, 15) is 0 Å². The molecule has 4 heteroatoms. The van der Waals surface area contributed by atoms with Gasteiger partial charge < -0.3 is 10.5 Å². The Bertz CT molecular complexity index is 230. The first-order valence-electron chi connectivity index (χ1n) is 3.37. The Labute approximate surface area is 83.1 Å². The van der Waals surface area contributed by atoms with Crippen molar-refractivity contribution in [1.29, 1.82) is 0 Å². The van der Waals surface area contributed by atoms with Gasteiger partial charge in [0.25, 0.3) is 0 Å². The lowest BCUT2D eigenvalue weighted by molar-refractivity contribution is 0.343. The van der Waals surface area contributed by atoms with E-state index in [-0.39, 0.29) is 12.4 Å². The molecule has 1 aromatic carbocycles. The van der Waals surface area contributed by atoms with Crippen LogP contribution in [0.1, 0.15) is 0 Å². The van der Waals surface area contributed by atoms with Gasteiger partial charge in [0, 0.05) is 11.8 Å². The minimum atomic E-state index is 0. The fourth-order valence-electron chi connectivity index (χ4n) is 0.761. The highest BCUT2D eigenvalue weighted by molar-refractivity contribution is 6.18. The Morgan fingerprint density at radius 2 is 2.17 bits per heavy atom. The van der Waals surface area contributed by atoms with Crippen molar-refractivity contribution < 1.29 is 4.74 Å². The third kappa shape index (κ3) is 3.69. The van der Waals surface area contributed by atoms with Crippen LogP contribution in [0, 0.1) is 0 Å². The third-order valence-electron chi connectivity index (χ3n) is 1.20. The number of nitrogen functional groups attached to an aromatic ring is 1. The van der Waals surface area contributed by atoms with Crippen molar-refractivity contribution in [2.45, 2.75) is 0 Å². The van der Waals surface area contributed by atoms with Crippen molar-refractivity contribution in [3.8, 4) is 5.75 Å². The van der Waals surface area contributed by atoms with Crippen LogP contribution in [-0.2, 0) is 0 Å². The van der Waals surface area contributed by atoms with Gasteiger partial charge in [-0.2, -0.15) is 0 Å². The van der Waals surface area contributed by atoms with Gasteiger partial charge in [-0.1, -0.05) is 6.07 Å². The monoisotopic (exact) mass is 207 g/mol. The van der Waals surface area contributed by atoms with Gasteiger partial charge in [0.15, 0.2) is 0 Å². The molecule has 68 valence electrons. The Kier molecular flexibility index (Phi) is 5.68. The van der Waals surface area contributed by atoms with Gasteiger partial charge in [0.1, 0.15) is 12.4 Å². The van der Waals surface area contributed by atoms with Crippen molar-refractivity contribution in [1.82, 2.24) is 0 Å². The number of anilines is 1. The fraction of sp³-hybridized carbons (Fsp3) is 0.250. The second kappa shape index (κ2) is 5.98. The first kappa shape index (κ1) is 11.4. The third-order valence-corrected chi connectivity index (χ3v) is 1.36. The molecule has 0 amide bonds. The van der Waals surface area contributed by atoms with Crippen molar-refractivity contribution in [3.05, 3.63) is 24.3 Å². The van der Waals surface area contributed by atoms with Crippen LogP contribution in [0.5, 0.6) is 5.75 Å². The maximum atomic E-state index is 5.52. The number of hydrogen-bond donors (Lipinski definition) is 1. The minimum absolute atomic E-state index is 0. The summed E-state index contributed by atoms with van der Waals surface area (Å²) >= 11 is 5.43. The average molecular weight is 208 g/mol. The van der Waals surface area contributed by atoms with Gasteiger partial charge in [-0.3, -0.25) is 0 Å². The Balaban J connectivity index is 0.00000121. The first-order chi connectivity index (χ1) is 5.33. The first-order valence-corrected chi connectivity index (χ1v) is 3.90. The minimum Gasteiger partial charge on any atom is -0.492 e. The van der Waals surface area contributed by atoms with Gasteiger partial charge in [0.2, 0.25) is 0 Å². The molecule has 0 unspecified atom stereocenters. The molecule has 0 spiro atoms. The van der Waals surface area contributed by atoms with E-state index in [1.54, 1.807) is 6.07 Å². The van der Waals surface area contributed by atoms with Gasteiger partial charge >= 0.3 is 0 Å². The second-order valence-electron chi connectivity index (χ2n) is 2.11. The van der Waals surface area contributed by atoms with E-state index in [4.69, 9.17) is 22.1 Å². The predicted octanol–water partition coefficient (Wildman–Crippen LogP) is 2.31. The molecular formula is C8H11Cl2NO. The van der Waals surface area contributed by atoms with Crippen LogP contribution in [-0.4, -0.2) is 12.5 Å². The molecule has 0 bridgehead atoms. The highest BCUT2D eigenvalue weighted by Gasteiger charge is 1.91. The smallest absolute Gasteiger partial charge is 0.121 e. The molecule has 0 heterocycles. The molecule has 2 N–H and O–H groups in total. The number of ether oxygens (including phenoxy) is 1. The molecule has 0 fully saturated rings. The molecule has 1 aromatic rings. The number of nitrogens with two attached hydrogens (primary N) is 1. The van der Waals surface area contributed by atoms with Crippen molar-refractivity contribution >= 4 is 29.7 Å². The summed E-state index contributed by atoms with van der Waals surface area (Å²) in [5.41, 5.74) is 6.22. The Hall–Kier alpha value is -0.600. The van der Waals surface area contributed by atoms with E-state index < -0.39 is 0 Å². The van der Waals surface area contributed by atoms with Crippen molar-refractivity contribution in [2.24, 2.45) is 0 Å². The SMILES string of the molecule is Cl.Nc1cccc(OCCCl)c1. The number of benzene rings is 1. The quantitative estimate of drug-likeness (QED) is 0.611. The summed E-state index contributed by atoms with van der Waals surface area (Å²) in [5, 5.41) is 0. The second-order valence-corrected chi connectivity index (χ2v) is 2.49. The maximum Gasteiger partial charge on any atom is 0.121 e. The van der Waals surface area contributed by atoms with Gasteiger partial charge in [-0.05, 0) is 12.1 Å². The standard InChI is InChI=1S/C8H10ClNO.ClH/c9-4-5-11-8-3-1-2-7(10)6-8;/h1-3,6H,4-5,10H2;1H. The highest BCUT2D eigenvalue weighted by atomic mass is 35.5. The largest absolute Gasteiger partial charge is 0.492 e. The number of rotatable bonds is 3. The van der Waals surface area contributed by atoms with Crippen LogP contribution in [0.15, 0.2) is 24.3 Å². The summed E-state index contributed by atoms with van der Waals surface area (Å²) in [5.74, 6) is 1.26. The summed E-state index contributed by atoms with van der Waals surface area (Å²) in [6.45, 7) is 0.519. The summed E-state index contributed by atoms with van der Waals surface area (Å²) in [6, 6.07) is 7.28. The summed E-state index contributed by atoms with van der Waals surface area (Å²) in [4.78, 5) is 0. The number of hydrogen-bond acceptors (Lipinski definition) is 2. The molecule has 0 aliphatic heterocycles. The Morgan fingerprint density at radius 1 is 1.42 bits per heavy atom. The normalized spacial score (nSPS) is 8.75. The van der Waals surface area contributed by atoms with Crippen molar-refractivity contribution in [3.63, 3.8) is 0 Å². The fourth-order valence-corrected chi connectivity index (χ4v) is 0.838. The summed E-state index contributed by atoms with van der Waals surface area (Å²) in [6.07, 6.45) is 0. The van der Waals surface area contributed by atoms with E-state index >= 15 is 0 Å². The van der Waals surface area contributed by atoms with Gasteiger partial charge in [0.05, 0.1) is 5.88 Å². The summed E-state index contributed by atoms with van der Waals surface area (Å²) in [7, 11) is 0. The van der Waals surface area contributed by atoms with E-state index in [2.05, 4.69) is 0 Å². The van der Waals surface area contributed by atoms with Crippen LogP contribution in [0.25, 0.3) is 0 Å². The number of alkyl halides is 1. The zero-order chi connectivity index (χ0) is 8.10. The maximum absolute atomic E-state index is 5.52. The van der Waals surface area contributed by atoms with Crippen LogP contribution in [0.3, 0.4) is 0 Å². The van der Waals surface area contributed by atoms with Crippen LogP contribution in [0.2, 0.25) is 0 Å². The molecule has 0 atom stereocenters. The highest BCUT2D eigenvalue weighted by Crippen LogP contribution is 2.13. The number of halogens is 2. The van der Waals surface area contributed by atoms with Gasteiger partial charge in [-0.25, -0.2) is 0 Å². The Morgan fingerprint density at radius 3 is 2.75 bits per heavy atom. The molecule has 0 aliphatic rings. The lowest BCUT2D eigenvalue weighted by atomic mass is 10.3. The van der Waals surface area contributed by atoms with Crippen LogP contribution in [0.4, 0.5) is 5.69 Å². The average Bonchev–Trinajstić information content (AvgIpc) is 2.01. The molecule has 0 aliphatic carbocycles. The predicted molar refractivity (Wildman–Crippen MR) is 54.3 cm³/mol. The van der Waals surface area contributed by atoms with E-state index in [1.807, 2.05) is 18.2 Å². The molecule has 1 rings (SSSR count). The van der Waals surface area contributed by atoms with E-state index in [1.165, 1.54) is 0 Å². The molecule has 0 radical (unpaired) electrons. The molecule has 0 saturated heterocycles. The lowest BCUT2D eigenvalue weighted by Crippen LogP contribution is -1.98. The topological polar surface area (TPSA) is 35.2 Å². The zero-order valence-electron chi connectivity index (χ0n) is 6.50. The molecule has 12 heavy (non-hydrogen) atoms. The van der Waals surface area contributed by atoms with E-state index in [0.29, 0.717) is 18.2 Å². The molecule has 0 saturated carbocycles. The zero-order valence-corrected chi connectivity index (χ0v) is 8.07. The van der Waals surface area contributed by atoms with Gasteiger partial charge in [-0.15, -0.1) is 24.0 Å². The van der Waals surface area contributed by atoms with Crippen LogP contribution >= 0.6 is 24.0 Å². The summed E-state index contributed by atoms with van der Waals surface area (Å²) < 4.78 is 5.22. The molecule has 2 nitrogen and oxygen atoms in total. The van der Waals surface area contributed by atoms with Crippen molar-refractivity contribution in [2.75, 3.05) is 18.2 Å². The molecular weight excluding hydrogens is 197 g/mol. The molecule has 0 aromatic heterocycles. The van der Waals surface area contributed by atoms with Crippen LogP contribution < -0.4 is 10.5 Å². The lowest BCUT2D eigenvalue weighted by Gasteiger charge is -2.03.